The first-order chi connectivity index (χ1) is 11.6. The van der Waals surface area contributed by atoms with Crippen molar-refractivity contribution >= 4 is 29.0 Å². The number of methoxy groups -OCH3 is 1. The third-order valence-corrected chi connectivity index (χ3v) is 4.89. The van der Waals surface area contributed by atoms with Crippen molar-refractivity contribution in [1.82, 2.24) is 0 Å². The SMILES string of the molecule is COc1ccc(SCC(=O)N2CCc3cc([N+](=O)[O-])ccc32)cc1. The number of non-ortho nitro benzene ring substituents is 1. The Kier molecular flexibility index (Phi) is 4.71. The molecule has 0 unspecified atom stereocenters. The van der Waals surface area contributed by atoms with Crippen LogP contribution in [0.1, 0.15) is 5.56 Å². The van der Waals surface area contributed by atoms with Gasteiger partial charge < -0.3 is 9.64 Å². The van der Waals surface area contributed by atoms with Crippen molar-refractivity contribution in [3.63, 3.8) is 0 Å². The number of hydrogen-bond acceptors (Lipinski definition) is 5. The predicted octanol–water partition coefficient (Wildman–Crippen LogP) is 3.28. The Labute approximate surface area is 143 Å². The number of hydrogen-bond donors (Lipinski definition) is 0. The van der Waals surface area contributed by atoms with Gasteiger partial charge in [0.1, 0.15) is 5.75 Å². The summed E-state index contributed by atoms with van der Waals surface area (Å²) in [6.45, 7) is 0.568. The molecule has 2 aromatic rings. The molecular weight excluding hydrogens is 328 g/mol. The summed E-state index contributed by atoms with van der Waals surface area (Å²) >= 11 is 1.46. The van der Waals surface area contributed by atoms with Crippen LogP contribution in [0.25, 0.3) is 0 Å². The minimum atomic E-state index is -0.412. The molecule has 24 heavy (non-hydrogen) atoms. The third kappa shape index (κ3) is 3.35. The molecule has 0 spiro atoms. The average Bonchev–Trinajstić information content (AvgIpc) is 3.03. The van der Waals surface area contributed by atoms with Crippen LogP contribution in [0.2, 0.25) is 0 Å². The smallest absolute Gasteiger partial charge is 0.269 e. The van der Waals surface area contributed by atoms with Gasteiger partial charge in [0.2, 0.25) is 5.91 Å². The number of nitro benzene ring substituents is 1. The van der Waals surface area contributed by atoms with E-state index in [1.807, 2.05) is 24.3 Å². The molecule has 0 aliphatic carbocycles. The summed E-state index contributed by atoms with van der Waals surface area (Å²) in [4.78, 5) is 25.6. The van der Waals surface area contributed by atoms with Gasteiger partial charge in [-0.05, 0) is 42.3 Å². The molecule has 0 atom stereocenters. The molecule has 6 nitrogen and oxygen atoms in total. The molecule has 0 radical (unpaired) electrons. The lowest BCUT2D eigenvalue weighted by atomic mass is 10.1. The number of anilines is 1. The number of amides is 1. The van der Waals surface area contributed by atoms with Gasteiger partial charge in [0.05, 0.1) is 17.8 Å². The zero-order chi connectivity index (χ0) is 17.1. The quantitative estimate of drug-likeness (QED) is 0.473. The highest BCUT2D eigenvalue weighted by molar-refractivity contribution is 8.00. The predicted molar refractivity (Wildman–Crippen MR) is 92.9 cm³/mol. The molecule has 0 saturated heterocycles. The van der Waals surface area contributed by atoms with Crippen molar-refractivity contribution in [3.05, 3.63) is 58.1 Å². The van der Waals surface area contributed by atoms with Crippen molar-refractivity contribution in [2.24, 2.45) is 0 Å². The molecule has 124 valence electrons. The van der Waals surface area contributed by atoms with E-state index in [0.717, 1.165) is 21.9 Å². The van der Waals surface area contributed by atoms with E-state index in [4.69, 9.17) is 4.74 Å². The van der Waals surface area contributed by atoms with Gasteiger partial charge in [-0.1, -0.05) is 0 Å². The van der Waals surface area contributed by atoms with Crippen molar-refractivity contribution in [3.8, 4) is 5.75 Å². The number of ether oxygens (including phenoxy) is 1. The zero-order valence-electron chi connectivity index (χ0n) is 13.1. The summed E-state index contributed by atoms with van der Waals surface area (Å²) in [5, 5.41) is 10.8. The average molecular weight is 344 g/mol. The van der Waals surface area contributed by atoms with Crippen LogP contribution in [-0.2, 0) is 11.2 Å². The van der Waals surface area contributed by atoms with Crippen LogP contribution in [0.15, 0.2) is 47.4 Å². The van der Waals surface area contributed by atoms with E-state index in [1.165, 1.54) is 17.8 Å². The topological polar surface area (TPSA) is 72.7 Å². The van der Waals surface area contributed by atoms with Gasteiger partial charge in [-0.3, -0.25) is 14.9 Å². The van der Waals surface area contributed by atoms with Gasteiger partial charge in [-0.2, -0.15) is 0 Å². The van der Waals surface area contributed by atoms with Crippen molar-refractivity contribution in [2.75, 3.05) is 24.3 Å². The summed E-state index contributed by atoms with van der Waals surface area (Å²) in [5.41, 5.74) is 1.70. The van der Waals surface area contributed by atoms with E-state index in [-0.39, 0.29) is 11.6 Å². The van der Waals surface area contributed by atoms with E-state index in [0.29, 0.717) is 18.7 Å². The molecule has 1 amide bonds. The summed E-state index contributed by atoms with van der Waals surface area (Å²) in [5.74, 6) is 1.10. The lowest BCUT2D eigenvalue weighted by Crippen LogP contribution is -2.30. The molecule has 3 rings (SSSR count). The van der Waals surface area contributed by atoms with Crippen LogP contribution in [0.3, 0.4) is 0 Å². The van der Waals surface area contributed by atoms with Crippen LogP contribution < -0.4 is 9.64 Å². The number of thioether (sulfide) groups is 1. The minimum absolute atomic E-state index is 0.00317. The van der Waals surface area contributed by atoms with Crippen LogP contribution >= 0.6 is 11.8 Å². The van der Waals surface area contributed by atoms with Crippen molar-refractivity contribution in [1.29, 1.82) is 0 Å². The second-order valence-corrected chi connectivity index (χ2v) is 6.38. The first-order valence-electron chi connectivity index (χ1n) is 7.43. The zero-order valence-corrected chi connectivity index (χ0v) is 13.9. The normalized spacial score (nSPS) is 12.8. The molecule has 0 aromatic heterocycles. The third-order valence-electron chi connectivity index (χ3n) is 3.89. The summed E-state index contributed by atoms with van der Waals surface area (Å²) < 4.78 is 5.11. The molecular formula is C17H16N2O4S. The standard InChI is InChI=1S/C17H16N2O4S/c1-23-14-3-5-15(6-4-14)24-11-17(20)18-9-8-12-10-13(19(21)22)2-7-16(12)18/h2-7,10H,8-9,11H2,1H3. The number of carbonyl (C=O) groups is 1. The molecule has 0 saturated carbocycles. The molecule has 7 heteroatoms. The highest BCUT2D eigenvalue weighted by Crippen LogP contribution is 2.32. The minimum Gasteiger partial charge on any atom is -0.497 e. The second kappa shape index (κ2) is 6.92. The number of fused-ring (bicyclic) bond motifs is 1. The van der Waals surface area contributed by atoms with Crippen LogP contribution in [0.5, 0.6) is 5.75 Å². The molecule has 1 aliphatic rings. The van der Waals surface area contributed by atoms with Crippen molar-refractivity contribution in [2.45, 2.75) is 11.3 Å². The lowest BCUT2D eigenvalue weighted by Gasteiger charge is -2.17. The van der Waals surface area contributed by atoms with E-state index < -0.39 is 4.92 Å². The van der Waals surface area contributed by atoms with E-state index >= 15 is 0 Å². The van der Waals surface area contributed by atoms with Crippen molar-refractivity contribution < 1.29 is 14.5 Å². The maximum Gasteiger partial charge on any atom is 0.269 e. The molecule has 1 aliphatic heterocycles. The maximum atomic E-state index is 12.5. The van der Waals surface area contributed by atoms with Gasteiger partial charge in [0.25, 0.3) is 5.69 Å². The Bertz CT molecular complexity index is 777. The monoisotopic (exact) mass is 344 g/mol. The first kappa shape index (κ1) is 16.3. The Morgan fingerprint density at radius 2 is 2.04 bits per heavy atom. The molecule has 0 N–H and O–H groups in total. The Morgan fingerprint density at radius 1 is 1.29 bits per heavy atom. The fourth-order valence-corrected chi connectivity index (χ4v) is 3.43. The van der Waals surface area contributed by atoms with Crippen LogP contribution in [0, 0.1) is 10.1 Å². The lowest BCUT2D eigenvalue weighted by molar-refractivity contribution is -0.384. The Morgan fingerprint density at radius 3 is 2.71 bits per heavy atom. The number of benzene rings is 2. The maximum absolute atomic E-state index is 12.5. The van der Waals surface area contributed by atoms with Gasteiger partial charge in [0, 0.05) is 29.3 Å². The Hall–Kier alpha value is -2.54. The van der Waals surface area contributed by atoms with Crippen LogP contribution in [0.4, 0.5) is 11.4 Å². The van der Waals surface area contributed by atoms with Gasteiger partial charge in [-0.25, -0.2) is 0 Å². The largest absolute Gasteiger partial charge is 0.497 e. The highest BCUT2D eigenvalue weighted by Gasteiger charge is 2.26. The van der Waals surface area contributed by atoms with Gasteiger partial charge >= 0.3 is 0 Å². The Balaban J connectivity index is 1.65. The summed E-state index contributed by atoms with van der Waals surface area (Å²) in [6, 6.07) is 12.2. The second-order valence-electron chi connectivity index (χ2n) is 5.33. The number of nitro groups is 1. The van der Waals surface area contributed by atoms with Gasteiger partial charge in [-0.15, -0.1) is 11.8 Å². The molecule has 1 heterocycles. The fourth-order valence-electron chi connectivity index (χ4n) is 2.66. The number of carbonyl (C=O) groups excluding carboxylic acids is 1. The molecule has 2 aromatic carbocycles. The van der Waals surface area contributed by atoms with Gasteiger partial charge in [0.15, 0.2) is 0 Å². The highest BCUT2D eigenvalue weighted by atomic mass is 32.2. The van der Waals surface area contributed by atoms with Crippen LogP contribution in [-0.4, -0.2) is 30.2 Å². The van der Waals surface area contributed by atoms with E-state index in [9.17, 15) is 14.9 Å². The fraction of sp³-hybridized carbons (Fsp3) is 0.235. The summed E-state index contributed by atoms with van der Waals surface area (Å²) in [6.07, 6.45) is 0.649. The number of rotatable bonds is 5. The summed E-state index contributed by atoms with van der Waals surface area (Å²) in [7, 11) is 1.61. The number of nitrogens with zero attached hydrogens (tertiary/aromatic N) is 2. The van der Waals surface area contributed by atoms with E-state index in [2.05, 4.69) is 0 Å². The molecule has 0 fully saturated rings. The first-order valence-corrected chi connectivity index (χ1v) is 8.41. The molecule has 0 bridgehead atoms. The van der Waals surface area contributed by atoms with E-state index in [1.54, 1.807) is 24.1 Å².